The minimum Gasteiger partial charge on any atom is -0.394 e. The molecule has 1 aliphatic heterocycles. The Hall–Kier alpha value is -0.690. The summed E-state index contributed by atoms with van der Waals surface area (Å²) in [5.41, 5.74) is -4.15. The van der Waals surface area contributed by atoms with Gasteiger partial charge in [0.25, 0.3) is 0 Å². The van der Waals surface area contributed by atoms with Crippen molar-refractivity contribution in [2.24, 2.45) is 17.8 Å². The van der Waals surface area contributed by atoms with Gasteiger partial charge in [0, 0.05) is 18.3 Å². The molecule has 1 saturated heterocycles. The Morgan fingerprint density at radius 2 is 1.74 bits per heavy atom. The minimum atomic E-state index is -1.64. The van der Waals surface area contributed by atoms with Gasteiger partial charge in [0.2, 0.25) is 0 Å². The number of hydrogen-bond acceptors (Lipinski definition) is 10. The molecule has 0 bridgehead atoms. The van der Waals surface area contributed by atoms with Crippen LogP contribution < -0.4 is 0 Å². The molecule has 10 atom stereocenters. The summed E-state index contributed by atoms with van der Waals surface area (Å²) in [7, 11) is 0. The molecule has 3 fully saturated rings. The third-order valence-corrected chi connectivity index (χ3v) is 7.86. The van der Waals surface area contributed by atoms with Gasteiger partial charge in [-0.25, -0.2) is 0 Å². The van der Waals surface area contributed by atoms with E-state index in [1.54, 1.807) is 13.8 Å². The van der Waals surface area contributed by atoms with E-state index in [-0.39, 0.29) is 24.5 Å². The Balaban J connectivity index is 1.83. The molecule has 0 spiro atoms. The van der Waals surface area contributed by atoms with Gasteiger partial charge < -0.3 is 45.2 Å². The monoisotopic (exact) mass is 448 g/mol. The molecule has 3 aliphatic rings. The molecule has 0 aromatic rings. The maximum atomic E-state index is 12.4. The van der Waals surface area contributed by atoms with Crippen LogP contribution in [0.4, 0.5) is 0 Å². The zero-order valence-corrected chi connectivity index (χ0v) is 18.2. The predicted molar refractivity (Wildman–Crippen MR) is 106 cm³/mol. The van der Waals surface area contributed by atoms with Crippen molar-refractivity contribution in [3.05, 3.63) is 0 Å². The quantitative estimate of drug-likeness (QED) is 0.250. The van der Waals surface area contributed by atoms with Crippen LogP contribution in [0, 0.1) is 17.8 Å². The Morgan fingerprint density at radius 3 is 2.32 bits per heavy atom. The van der Waals surface area contributed by atoms with Crippen LogP contribution >= 0.6 is 0 Å². The highest BCUT2D eigenvalue weighted by Crippen LogP contribution is 2.52. The highest BCUT2D eigenvalue weighted by molar-refractivity contribution is 5.89. The summed E-state index contributed by atoms with van der Waals surface area (Å²) in [6, 6.07) is 0. The van der Waals surface area contributed by atoms with Crippen LogP contribution in [0.3, 0.4) is 0 Å². The van der Waals surface area contributed by atoms with Crippen molar-refractivity contribution in [1.82, 2.24) is 0 Å². The Morgan fingerprint density at radius 1 is 1.10 bits per heavy atom. The summed E-state index contributed by atoms with van der Waals surface area (Å²) in [6.45, 7) is 3.81. The Kier molecular flexibility index (Phi) is 6.91. The molecule has 0 radical (unpaired) electrons. The van der Waals surface area contributed by atoms with E-state index in [1.807, 2.05) is 0 Å². The standard InChI is InChI=1S/C21H36O10/c1-19(2,31-18-17(27)16(26)15(25)13(8-22)30-18)10-4-5-21(29,9-23)12-7-14(24)20(3,28)11(12)6-10/h10-13,15-18,22-23,25-29H,4-9H2,1-3H3/t10-,11+,12-,13+,15-,16-,17-,18-,20+,21+/m1/s1. The van der Waals surface area contributed by atoms with Gasteiger partial charge in [-0.2, -0.15) is 0 Å². The van der Waals surface area contributed by atoms with Gasteiger partial charge in [-0.15, -0.1) is 0 Å². The number of carbonyl (C=O) groups excluding carboxylic acids is 1. The molecule has 31 heavy (non-hydrogen) atoms. The van der Waals surface area contributed by atoms with E-state index >= 15 is 0 Å². The number of rotatable bonds is 5. The number of carbonyl (C=O) groups is 1. The van der Waals surface area contributed by atoms with Gasteiger partial charge in [0.05, 0.1) is 24.4 Å². The summed E-state index contributed by atoms with van der Waals surface area (Å²) in [4.78, 5) is 12.4. The molecule has 0 amide bonds. The number of aliphatic hydroxyl groups excluding tert-OH is 5. The Labute approximate surface area is 181 Å². The van der Waals surface area contributed by atoms with Gasteiger partial charge in [0.1, 0.15) is 30.0 Å². The van der Waals surface area contributed by atoms with E-state index in [0.717, 1.165) is 0 Å². The van der Waals surface area contributed by atoms with E-state index in [2.05, 4.69) is 0 Å². The number of Topliss-reactive ketones (excluding diaryl/α,β-unsaturated/α-hetero) is 1. The second kappa shape index (κ2) is 8.58. The van der Waals surface area contributed by atoms with Gasteiger partial charge in [-0.3, -0.25) is 4.79 Å². The lowest BCUT2D eigenvalue weighted by Crippen LogP contribution is -2.61. The lowest BCUT2D eigenvalue weighted by atomic mass is 9.74. The van der Waals surface area contributed by atoms with Crippen LogP contribution in [-0.4, -0.2) is 102 Å². The molecule has 10 nitrogen and oxygen atoms in total. The fourth-order valence-corrected chi connectivity index (χ4v) is 5.53. The maximum absolute atomic E-state index is 12.4. The summed E-state index contributed by atoms with van der Waals surface area (Å²) in [6.07, 6.45) is -6.14. The van der Waals surface area contributed by atoms with Gasteiger partial charge in [-0.05, 0) is 46.0 Å². The third-order valence-electron chi connectivity index (χ3n) is 7.86. The first kappa shape index (κ1) is 24.9. The fourth-order valence-electron chi connectivity index (χ4n) is 5.53. The molecule has 0 aromatic carbocycles. The highest BCUT2D eigenvalue weighted by atomic mass is 16.7. The fraction of sp³-hybridized carbons (Fsp3) is 0.952. The first-order chi connectivity index (χ1) is 14.3. The van der Waals surface area contributed by atoms with Crippen molar-refractivity contribution in [3.8, 4) is 0 Å². The van der Waals surface area contributed by atoms with E-state index in [4.69, 9.17) is 9.47 Å². The molecule has 0 unspecified atom stereocenters. The van der Waals surface area contributed by atoms with Gasteiger partial charge in [-0.1, -0.05) is 0 Å². The molecule has 2 aliphatic carbocycles. The minimum absolute atomic E-state index is 0.0184. The zero-order valence-electron chi connectivity index (χ0n) is 18.2. The summed E-state index contributed by atoms with van der Waals surface area (Å²) >= 11 is 0. The van der Waals surface area contributed by atoms with Crippen LogP contribution in [0.25, 0.3) is 0 Å². The van der Waals surface area contributed by atoms with Crippen molar-refractivity contribution in [2.75, 3.05) is 13.2 Å². The lowest BCUT2D eigenvalue weighted by Gasteiger charge is -2.45. The Bertz CT molecular complexity index is 665. The van der Waals surface area contributed by atoms with Crippen molar-refractivity contribution in [1.29, 1.82) is 0 Å². The van der Waals surface area contributed by atoms with E-state index in [9.17, 15) is 40.5 Å². The molecule has 3 rings (SSSR count). The largest absolute Gasteiger partial charge is 0.394 e. The molecule has 0 aromatic heterocycles. The van der Waals surface area contributed by atoms with Crippen LogP contribution in [0.15, 0.2) is 0 Å². The average molecular weight is 449 g/mol. The van der Waals surface area contributed by atoms with E-state index in [0.29, 0.717) is 12.8 Å². The number of ether oxygens (including phenoxy) is 2. The first-order valence-corrected chi connectivity index (χ1v) is 10.9. The van der Waals surface area contributed by atoms with Crippen molar-refractivity contribution >= 4 is 5.78 Å². The van der Waals surface area contributed by atoms with Crippen molar-refractivity contribution in [2.45, 2.75) is 94.0 Å². The van der Waals surface area contributed by atoms with E-state index in [1.165, 1.54) is 6.92 Å². The number of hydrogen-bond donors (Lipinski definition) is 7. The molecule has 1 heterocycles. The number of aliphatic hydroxyl groups is 7. The molecule has 7 N–H and O–H groups in total. The molecular weight excluding hydrogens is 412 g/mol. The van der Waals surface area contributed by atoms with Crippen LogP contribution in [-0.2, 0) is 14.3 Å². The van der Waals surface area contributed by atoms with Crippen molar-refractivity contribution < 1.29 is 50.0 Å². The summed E-state index contributed by atoms with van der Waals surface area (Å²) in [5.74, 6) is -1.86. The van der Waals surface area contributed by atoms with Gasteiger partial charge >= 0.3 is 0 Å². The summed E-state index contributed by atoms with van der Waals surface area (Å²) < 4.78 is 11.5. The molecular formula is C21H36O10. The van der Waals surface area contributed by atoms with E-state index < -0.39 is 72.6 Å². The number of ketones is 1. The smallest absolute Gasteiger partial charge is 0.187 e. The number of fused-ring (bicyclic) bond motifs is 1. The summed E-state index contributed by atoms with van der Waals surface area (Å²) in [5, 5.41) is 71.5. The molecule has 10 heteroatoms. The maximum Gasteiger partial charge on any atom is 0.187 e. The van der Waals surface area contributed by atoms with Crippen LogP contribution in [0.1, 0.15) is 46.5 Å². The van der Waals surface area contributed by atoms with Crippen molar-refractivity contribution in [3.63, 3.8) is 0 Å². The molecule has 180 valence electrons. The molecule has 2 saturated carbocycles. The van der Waals surface area contributed by atoms with Crippen LogP contribution in [0.5, 0.6) is 0 Å². The van der Waals surface area contributed by atoms with Gasteiger partial charge in [0.15, 0.2) is 12.1 Å². The topological polar surface area (TPSA) is 177 Å². The van der Waals surface area contributed by atoms with Crippen LogP contribution in [0.2, 0.25) is 0 Å². The SMILES string of the molecule is CC(C)(O[C@H]1O[C@@H](CO)[C@@H](O)[C@@H](O)[C@H]1O)[C@@H]1CC[C@](O)(CO)[C@@H]2CC(=O)[C@@](C)(O)[C@H]2C1. The zero-order chi connectivity index (χ0) is 23.4. The predicted octanol–water partition coefficient (Wildman–Crippen LogP) is -1.94. The second-order valence-electron chi connectivity index (χ2n) is 10.1. The highest BCUT2D eigenvalue weighted by Gasteiger charge is 2.60. The average Bonchev–Trinajstić information content (AvgIpc) is 2.84. The second-order valence-corrected chi connectivity index (χ2v) is 10.1. The lowest BCUT2D eigenvalue weighted by molar-refractivity contribution is -0.329. The normalized spacial score (nSPS) is 49.0. The first-order valence-electron chi connectivity index (χ1n) is 10.9. The third kappa shape index (κ3) is 4.30.